The molecule has 3 amide bonds. The molecule has 10 heteroatoms. The van der Waals surface area contributed by atoms with Gasteiger partial charge in [0.15, 0.2) is 0 Å². The Balaban J connectivity index is 0.00000529. The van der Waals surface area contributed by atoms with Crippen LogP contribution in [0, 0.1) is 25.8 Å². The van der Waals surface area contributed by atoms with Crippen LogP contribution in [0.5, 0.6) is 0 Å². The number of likely N-dealkylation sites (tertiary alicyclic amines) is 1. The molecule has 2 aromatic carbocycles. The van der Waals surface area contributed by atoms with E-state index in [1.165, 1.54) is 0 Å². The minimum atomic E-state index is -0.552. The molecule has 0 radical (unpaired) electrons. The van der Waals surface area contributed by atoms with Gasteiger partial charge in [0.2, 0.25) is 5.91 Å². The summed E-state index contributed by atoms with van der Waals surface area (Å²) < 4.78 is 5.38. The molecule has 4 rings (SSSR count). The summed E-state index contributed by atoms with van der Waals surface area (Å²) >= 11 is 0. The van der Waals surface area contributed by atoms with Crippen LogP contribution < -0.4 is 62.0 Å². The molecule has 1 unspecified atom stereocenters. The van der Waals surface area contributed by atoms with Crippen LogP contribution in [0.25, 0.3) is 11.6 Å². The van der Waals surface area contributed by atoms with Gasteiger partial charge in [0.05, 0.1) is 11.6 Å². The van der Waals surface area contributed by atoms with Crippen molar-refractivity contribution in [3.63, 3.8) is 0 Å². The van der Waals surface area contributed by atoms with Gasteiger partial charge in [0.1, 0.15) is 5.60 Å². The molecule has 3 N–H and O–H groups in total. The van der Waals surface area contributed by atoms with Gasteiger partial charge < -0.3 is 30.0 Å². The zero-order valence-corrected chi connectivity index (χ0v) is 29.6. The topological polar surface area (TPSA) is 121 Å². The zero-order valence-electron chi connectivity index (χ0n) is 26.5. The van der Waals surface area contributed by atoms with E-state index in [4.69, 9.17) is 4.74 Å². The fourth-order valence-corrected chi connectivity index (χ4v) is 4.93. The number of H-pyrrole nitrogens is 1. The molecule has 44 heavy (non-hydrogen) atoms. The number of nitrogens with one attached hydrogen (secondary N) is 3. The monoisotopic (exact) mass is 621 g/mol. The minimum Gasteiger partial charge on any atom is -0.444 e. The third-order valence-corrected chi connectivity index (χ3v) is 7.26. The number of amides is 3. The summed E-state index contributed by atoms with van der Waals surface area (Å²) in [6.45, 7) is 12.4. The number of nitrogens with zero attached hydrogens (tertiary/aromatic N) is 1. The van der Waals surface area contributed by atoms with E-state index in [0.717, 1.165) is 5.56 Å². The molecule has 2 heterocycles. The molecular weight excluding hydrogens is 583 g/mol. The second-order valence-corrected chi connectivity index (χ2v) is 11.9. The van der Waals surface area contributed by atoms with Gasteiger partial charge in [-0.25, -0.2) is 16.4 Å². The number of carbonyl (C=O) groups excluding carboxylic acids is 4. The summed E-state index contributed by atoms with van der Waals surface area (Å²) in [5, 5.41) is 5.94. The maximum atomic E-state index is 13.1. The Bertz CT molecular complexity index is 1530. The van der Waals surface area contributed by atoms with E-state index in [2.05, 4.69) is 21.7 Å². The standard InChI is InChI=1S/C34H38N4O5.K/c1-21-29(36-23(3)30(21)32(41)35-17-24-18-38(19-24)33(42)43-34(4,5)6)16-28(20-39)26-13-10-14-27(15-26)31(40)37-22(2)25-11-8-7-9-12-25;/h7-12,14-16,22,24,36H,17-19H2,1-6H3,(H,35,41)(H,37,40);/q-2;+1/b28-16+;. The molecule has 1 aliphatic rings. The summed E-state index contributed by atoms with van der Waals surface area (Å²) in [6, 6.07) is 17.3. The molecule has 0 spiro atoms. The SMILES string of the molecule is Cc1[nH]c(/C=C(\[C-]=O)c2[c-]ccc(C(=O)NC(C)c3ccccc3)c2)c(C)c1C(=O)NCC1CN(C(=O)OC(C)(C)C)C1.[K+]. The van der Waals surface area contributed by atoms with Crippen LogP contribution in [-0.2, 0) is 9.53 Å². The van der Waals surface area contributed by atoms with Gasteiger partial charge in [-0.3, -0.25) is 15.2 Å². The molecule has 0 saturated carbocycles. The molecule has 1 aromatic heterocycles. The molecule has 1 saturated heterocycles. The van der Waals surface area contributed by atoms with Crippen LogP contribution in [0.4, 0.5) is 4.79 Å². The van der Waals surface area contributed by atoms with E-state index in [9.17, 15) is 19.2 Å². The summed E-state index contributed by atoms with van der Waals surface area (Å²) in [5.41, 5.74) is 3.83. The Morgan fingerprint density at radius 2 is 1.82 bits per heavy atom. The molecular formula is C34H38KN4O5-. The predicted molar refractivity (Wildman–Crippen MR) is 165 cm³/mol. The fourth-order valence-electron chi connectivity index (χ4n) is 4.93. The number of aryl methyl sites for hydroxylation is 1. The van der Waals surface area contributed by atoms with Crippen molar-refractivity contribution in [2.75, 3.05) is 19.6 Å². The van der Waals surface area contributed by atoms with Crippen LogP contribution in [-0.4, -0.2) is 59.3 Å². The van der Waals surface area contributed by atoms with Crippen molar-refractivity contribution in [1.29, 1.82) is 0 Å². The second kappa shape index (κ2) is 15.3. The van der Waals surface area contributed by atoms with Crippen LogP contribution in [0.15, 0.2) is 48.5 Å². The first-order valence-corrected chi connectivity index (χ1v) is 14.3. The maximum Gasteiger partial charge on any atom is 1.00 e. The number of rotatable bonds is 9. The van der Waals surface area contributed by atoms with Gasteiger partial charge in [0, 0.05) is 37.5 Å². The fraction of sp³-hybridized carbons (Fsp3) is 0.353. The molecule has 1 atom stereocenters. The van der Waals surface area contributed by atoms with Crippen LogP contribution in [0.3, 0.4) is 0 Å². The Morgan fingerprint density at radius 1 is 1.14 bits per heavy atom. The quantitative estimate of drug-likeness (QED) is 0.192. The third kappa shape index (κ3) is 9.01. The Hall–Kier alpha value is -3.02. The predicted octanol–water partition coefficient (Wildman–Crippen LogP) is 2.17. The number of hydrogen-bond acceptors (Lipinski definition) is 5. The summed E-state index contributed by atoms with van der Waals surface area (Å²) in [7, 11) is 0. The van der Waals surface area contributed by atoms with E-state index in [-0.39, 0.29) is 86.8 Å². The minimum absolute atomic E-state index is 0. The van der Waals surface area contributed by atoms with Crippen molar-refractivity contribution in [1.82, 2.24) is 20.5 Å². The average Bonchev–Trinajstić information content (AvgIpc) is 3.22. The first kappa shape index (κ1) is 35.5. The van der Waals surface area contributed by atoms with Gasteiger partial charge in [-0.2, -0.15) is 18.2 Å². The van der Waals surface area contributed by atoms with Crippen molar-refractivity contribution in [2.45, 2.75) is 53.2 Å². The van der Waals surface area contributed by atoms with Crippen molar-refractivity contribution >= 4 is 35.8 Å². The van der Waals surface area contributed by atoms with Crippen LogP contribution >= 0.6 is 0 Å². The van der Waals surface area contributed by atoms with Crippen molar-refractivity contribution < 1.29 is 75.3 Å². The summed E-state index contributed by atoms with van der Waals surface area (Å²) in [6.07, 6.45) is 3.21. The first-order chi connectivity index (χ1) is 20.4. The Labute approximate surface area is 301 Å². The van der Waals surface area contributed by atoms with E-state index in [1.54, 1.807) is 43.0 Å². The molecule has 0 aliphatic carbocycles. The van der Waals surface area contributed by atoms with Gasteiger partial charge in [0.25, 0.3) is 5.91 Å². The number of allylic oxidation sites excluding steroid dienone is 1. The van der Waals surface area contributed by atoms with E-state index < -0.39 is 5.60 Å². The molecule has 9 nitrogen and oxygen atoms in total. The average molecular weight is 622 g/mol. The van der Waals surface area contributed by atoms with Crippen molar-refractivity contribution in [3.05, 3.63) is 93.8 Å². The molecule has 0 bridgehead atoms. The smallest absolute Gasteiger partial charge is 0.444 e. The van der Waals surface area contributed by atoms with E-state index >= 15 is 0 Å². The van der Waals surface area contributed by atoms with E-state index in [1.807, 2.05) is 64.3 Å². The van der Waals surface area contributed by atoms with Gasteiger partial charge in [-0.15, -0.1) is 6.07 Å². The number of carbonyl (C=O) groups is 3. The number of benzene rings is 2. The van der Waals surface area contributed by atoms with Gasteiger partial charge >= 0.3 is 57.5 Å². The van der Waals surface area contributed by atoms with Crippen LogP contribution in [0.2, 0.25) is 0 Å². The van der Waals surface area contributed by atoms with Crippen LogP contribution in [0.1, 0.15) is 82.5 Å². The van der Waals surface area contributed by atoms with Gasteiger partial charge in [-0.05, 0) is 58.4 Å². The molecule has 3 aromatic rings. The Kier molecular flexibility index (Phi) is 12.3. The van der Waals surface area contributed by atoms with E-state index in [0.29, 0.717) is 53.3 Å². The zero-order chi connectivity index (χ0) is 31.3. The molecule has 226 valence electrons. The summed E-state index contributed by atoms with van der Waals surface area (Å²) in [4.78, 5) is 55.0. The molecule has 1 fully saturated rings. The number of aromatic nitrogens is 1. The normalized spacial score (nSPS) is 14.1. The molecule has 1 aliphatic heterocycles. The second-order valence-electron chi connectivity index (χ2n) is 11.9. The maximum absolute atomic E-state index is 13.1. The number of ether oxygens (including phenoxy) is 1. The third-order valence-electron chi connectivity index (χ3n) is 7.26. The van der Waals surface area contributed by atoms with Crippen molar-refractivity contribution in [3.8, 4) is 0 Å². The first-order valence-electron chi connectivity index (χ1n) is 14.3. The largest absolute Gasteiger partial charge is 1.00 e. The van der Waals surface area contributed by atoms with Crippen molar-refractivity contribution in [2.24, 2.45) is 5.92 Å². The number of aromatic amines is 1. The summed E-state index contributed by atoms with van der Waals surface area (Å²) in [5.74, 6) is -0.373. The number of hydrogen-bond donors (Lipinski definition) is 3. The Morgan fingerprint density at radius 3 is 2.45 bits per heavy atom. The van der Waals surface area contributed by atoms with Gasteiger partial charge in [-0.1, -0.05) is 35.9 Å².